The van der Waals surface area contributed by atoms with Crippen LogP contribution in [-0.4, -0.2) is 63.9 Å². The maximum Gasteiger partial charge on any atom is 0.458 e. The molecule has 4 rings (SSSR count). The van der Waals surface area contributed by atoms with Gasteiger partial charge in [-0.2, -0.15) is 26.5 Å². The van der Waals surface area contributed by atoms with Crippen molar-refractivity contribution in [2.24, 2.45) is 0 Å². The molecule has 0 spiro atoms. The zero-order chi connectivity index (χ0) is 20.3. The average molecular weight is 400 g/mol. The summed E-state index contributed by atoms with van der Waals surface area (Å²) in [6, 6.07) is 2.73. The van der Waals surface area contributed by atoms with Gasteiger partial charge < -0.3 is 9.80 Å². The van der Waals surface area contributed by atoms with E-state index in [0.717, 1.165) is 25.2 Å². The smallest absolute Gasteiger partial charge is 0.338 e. The summed E-state index contributed by atoms with van der Waals surface area (Å²) in [7, 11) is 2.00. The first-order valence-corrected chi connectivity index (χ1v) is 8.63. The molecule has 0 radical (unpaired) electrons. The Morgan fingerprint density at radius 2 is 1.64 bits per heavy atom. The molecule has 0 N–H and O–H groups in total. The molecule has 1 fully saturated rings. The van der Waals surface area contributed by atoms with Crippen LogP contribution in [0.25, 0.3) is 16.6 Å². The molecule has 28 heavy (non-hydrogen) atoms. The van der Waals surface area contributed by atoms with Crippen LogP contribution in [0, 0.1) is 6.92 Å². The molecule has 0 atom stereocenters. The Bertz CT molecular complexity index is 1040. The highest BCUT2D eigenvalue weighted by molar-refractivity contribution is 5.93. The Morgan fingerprint density at radius 3 is 2.29 bits per heavy atom. The lowest BCUT2D eigenvalue weighted by molar-refractivity contribution is -0.289. The maximum atomic E-state index is 13.8. The van der Waals surface area contributed by atoms with E-state index in [-0.39, 0.29) is 16.6 Å². The van der Waals surface area contributed by atoms with Crippen LogP contribution in [0.15, 0.2) is 18.2 Å². The Labute approximate surface area is 156 Å². The third-order valence-electron chi connectivity index (χ3n) is 4.87. The van der Waals surface area contributed by atoms with Crippen molar-refractivity contribution in [2.45, 2.75) is 19.0 Å². The lowest BCUT2D eigenvalue weighted by Crippen LogP contribution is -2.45. The van der Waals surface area contributed by atoms with Crippen molar-refractivity contribution in [3.63, 3.8) is 0 Å². The second-order valence-corrected chi connectivity index (χ2v) is 6.90. The first kappa shape index (κ1) is 18.8. The number of anilines is 1. The highest BCUT2D eigenvalue weighted by Crippen LogP contribution is 2.44. The second-order valence-electron chi connectivity index (χ2n) is 6.90. The number of fused-ring (bicyclic) bond motifs is 3. The third kappa shape index (κ3) is 2.93. The van der Waals surface area contributed by atoms with Gasteiger partial charge in [-0.1, -0.05) is 6.07 Å². The summed E-state index contributed by atoms with van der Waals surface area (Å²) < 4.78 is 67.3. The summed E-state index contributed by atoms with van der Waals surface area (Å²) >= 11 is 0. The van der Waals surface area contributed by atoms with E-state index in [1.165, 1.54) is 10.6 Å². The van der Waals surface area contributed by atoms with Crippen LogP contribution in [0.4, 0.5) is 27.9 Å². The molecular weight excluding hydrogens is 383 g/mol. The Balaban J connectivity index is 1.90. The van der Waals surface area contributed by atoms with Crippen LogP contribution >= 0.6 is 0 Å². The van der Waals surface area contributed by atoms with Crippen LogP contribution in [0.1, 0.15) is 11.4 Å². The predicted octanol–water partition coefficient (Wildman–Crippen LogP) is 2.99. The van der Waals surface area contributed by atoms with Crippen molar-refractivity contribution in [1.29, 1.82) is 0 Å². The predicted molar refractivity (Wildman–Crippen MR) is 92.7 cm³/mol. The van der Waals surface area contributed by atoms with Gasteiger partial charge >= 0.3 is 12.1 Å². The Morgan fingerprint density at radius 1 is 0.964 bits per heavy atom. The minimum Gasteiger partial charge on any atom is -0.338 e. The molecule has 1 aromatic carbocycles. The number of hydrogen-bond donors (Lipinski definition) is 0. The number of nitrogens with zero attached hydrogens (tertiary/aromatic N) is 6. The average Bonchev–Trinajstić information content (AvgIpc) is 3.02. The minimum atomic E-state index is -5.69. The van der Waals surface area contributed by atoms with E-state index < -0.39 is 17.7 Å². The first-order valence-electron chi connectivity index (χ1n) is 8.63. The van der Waals surface area contributed by atoms with Gasteiger partial charge in [-0.3, -0.25) is 0 Å². The zero-order valence-corrected chi connectivity index (χ0v) is 15.1. The zero-order valence-electron chi connectivity index (χ0n) is 15.1. The van der Waals surface area contributed by atoms with Crippen LogP contribution in [-0.2, 0) is 5.92 Å². The summed E-state index contributed by atoms with van der Waals surface area (Å²) in [4.78, 5) is 12.9. The van der Waals surface area contributed by atoms with Crippen molar-refractivity contribution < 1.29 is 22.0 Å². The van der Waals surface area contributed by atoms with Gasteiger partial charge in [0, 0.05) is 37.1 Å². The van der Waals surface area contributed by atoms with E-state index in [2.05, 4.69) is 20.0 Å². The van der Waals surface area contributed by atoms with Gasteiger partial charge in [0.05, 0.1) is 5.52 Å². The number of likely N-dealkylation sites (N-methyl/N-ethyl adjacent to an activating group) is 1. The highest BCUT2D eigenvalue weighted by Gasteiger charge is 2.58. The molecule has 3 aromatic rings. The number of rotatable bonds is 2. The second kappa shape index (κ2) is 6.23. The van der Waals surface area contributed by atoms with Gasteiger partial charge in [0.25, 0.3) is 0 Å². The van der Waals surface area contributed by atoms with Gasteiger partial charge in [-0.05, 0) is 26.1 Å². The molecule has 1 saturated heterocycles. The molecule has 1 aliphatic heterocycles. The van der Waals surface area contributed by atoms with E-state index in [1.807, 2.05) is 11.9 Å². The SMILES string of the molecule is Cc1nc2c3cc(C(F)(F)C(F)(F)F)ccc3nc(N3CCN(C)CC3)n2n1. The molecule has 1 aliphatic rings. The van der Waals surface area contributed by atoms with Crippen LogP contribution < -0.4 is 4.90 Å². The van der Waals surface area contributed by atoms with Crippen molar-refractivity contribution in [1.82, 2.24) is 24.5 Å². The lowest BCUT2D eigenvalue weighted by Gasteiger charge is -2.33. The minimum absolute atomic E-state index is 0.0971. The van der Waals surface area contributed by atoms with Crippen LogP contribution in [0.5, 0.6) is 0 Å². The molecule has 150 valence electrons. The van der Waals surface area contributed by atoms with Gasteiger partial charge in [-0.25, -0.2) is 9.97 Å². The Hall–Kier alpha value is -2.56. The lowest BCUT2D eigenvalue weighted by atomic mass is 10.1. The van der Waals surface area contributed by atoms with Gasteiger partial charge in [0.1, 0.15) is 5.82 Å². The summed E-state index contributed by atoms with van der Waals surface area (Å²) in [6.45, 7) is 4.62. The van der Waals surface area contributed by atoms with Crippen LogP contribution in [0.3, 0.4) is 0 Å². The van der Waals surface area contributed by atoms with Gasteiger partial charge in [0.2, 0.25) is 5.95 Å². The summed E-state index contributed by atoms with van der Waals surface area (Å²) in [6.07, 6.45) is -5.69. The van der Waals surface area contributed by atoms with E-state index in [4.69, 9.17) is 0 Å². The summed E-state index contributed by atoms with van der Waals surface area (Å²) in [5.41, 5.74) is -0.656. The molecule has 11 heteroatoms. The van der Waals surface area contributed by atoms with Crippen molar-refractivity contribution in [3.8, 4) is 0 Å². The molecule has 0 aliphatic carbocycles. The van der Waals surface area contributed by atoms with E-state index in [0.29, 0.717) is 24.9 Å². The largest absolute Gasteiger partial charge is 0.458 e. The molecule has 0 bridgehead atoms. The third-order valence-corrected chi connectivity index (χ3v) is 4.87. The van der Waals surface area contributed by atoms with Crippen molar-refractivity contribution in [3.05, 3.63) is 29.6 Å². The Kier molecular flexibility index (Phi) is 4.18. The number of benzene rings is 1. The number of piperazine rings is 1. The molecular formula is C17H17F5N6. The van der Waals surface area contributed by atoms with E-state index in [1.54, 1.807) is 6.92 Å². The molecule has 0 saturated carbocycles. The normalized spacial score (nSPS) is 17.0. The molecule has 0 amide bonds. The standard InChI is InChI=1S/C17H17F5N6/c1-10-23-14-12-9-11(16(18,19)17(20,21)22)3-4-13(12)24-15(28(14)25-10)27-7-5-26(2)6-8-27/h3-4,9H,5-8H2,1-2H3. The summed E-state index contributed by atoms with van der Waals surface area (Å²) in [5, 5.41) is 4.37. The molecule has 0 unspecified atom stereocenters. The van der Waals surface area contributed by atoms with E-state index in [9.17, 15) is 22.0 Å². The topological polar surface area (TPSA) is 49.6 Å². The first-order chi connectivity index (χ1) is 13.1. The molecule has 3 heterocycles. The van der Waals surface area contributed by atoms with Gasteiger partial charge in [-0.15, -0.1) is 5.10 Å². The molecule has 6 nitrogen and oxygen atoms in total. The fourth-order valence-corrected chi connectivity index (χ4v) is 3.27. The molecule has 2 aromatic heterocycles. The monoisotopic (exact) mass is 400 g/mol. The fraction of sp³-hybridized carbons (Fsp3) is 0.471. The van der Waals surface area contributed by atoms with Crippen LogP contribution in [0.2, 0.25) is 0 Å². The van der Waals surface area contributed by atoms with Crippen molar-refractivity contribution >= 4 is 22.5 Å². The van der Waals surface area contributed by atoms with E-state index >= 15 is 0 Å². The highest BCUT2D eigenvalue weighted by atomic mass is 19.4. The quantitative estimate of drug-likeness (QED) is 0.619. The van der Waals surface area contributed by atoms with Gasteiger partial charge in [0.15, 0.2) is 5.65 Å². The number of hydrogen-bond acceptors (Lipinski definition) is 5. The van der Waals surface area contributed by atoms with Crippen molar-refractivity contribution in [2.75, 3.05) is 38.1 Å². The number of halogens is 5. The number of aryl methyl sites for hydroxylation is 1. The fourth-order valence-electron chi connectivity index (χ4n) is 3.27. The maximum absolute atomic E-state index is 13.8. The number of alkyl halides is 5. The number of aromatic nitrogens is 4. The summed E-state index contributed by atoms with van der Waals surface area (Å²) in [5.74, 6) is -4.10.